The fourth-order valence-electron chi connectivity index (χ4n) is 2.56. The van der Waals surface area contributed by atoms with E-state index in [2.05, 4.69) is 15.6 Å². The summed E-state index contributed by atoms with van der Waals surface area (Å²) in [5, 5.41) is 6.39. The quantitative estimate of drug-likeness (QED) is 0.234. The molecule has 1 aromatic rings. The van der Waals surface area contributed by atoms with Gasteiger partial charge < -0.3 is 15.4 Å². The zero-order valence-electron chi connectivity index (χ0n) is 15.1. The highest BCUT2D eigenvalue weighted by Crippen LogP contribution is 2.47. The van der Waals surface area contributed by atoms with E-state index in [4.69, 9.17) is 4.74 Å². The maximum absolute atomic E-state index is 13.4. The summed E-state index contributed by atoms with van der Waals surface area (Å²) in [6.45, 7) is 1.79. The topological polar surface area (TPSA) is 79.8 Å². The van der Waals surface area contributed by atoms with Gasteiger partial charge in [0.1, 0.15) is 15.7 Å². The minimum Gasteiger partial charge on any atom is -0.379 e. The number of aliphatic imine (C=N–C) groups is 1. The molecule has 26 heavy (non-hydrogen) atoms. The van der Waals surface area contributed by atoms with Crippen LogP contribution in [0.1, 0.15) is 18.4 Å². The van der Waals surface area contributed by atoms with Crippen molar-refractivity contribution < 1.29 is 17.5 Å². The first kappa shape index (κ1) is 23.1. The van der Waals surface area contributed by atoms with Crippen LogP contribution in [0.5, 0.6) is 0 Å². The molecule has 0 atom stereocenters. The van der Waals surface area contributed by atoms with Crippen LogP contribution in [0.15, 0.2) is 29.3 Å². The van der Waals surface area contributed by atoms with Gasteiger partial charge in [0, 0.05) is 31.8 Å². The number of benzene rings is 1. The van der Waals surface area contributed by atoms with Crippen LogP contribution in [0, 0.1) is 5.82 Å². The van der Waals surface area contributed by atoms with Crippen molar-refractivity contribution in [1.29, 1.82) is 0 Å². The number of nitrogens with one attached hydrogen (secondary N) is 2. The second kappa shape index (κ2) is 10.4. The molecule has 1 saturated carbocycles. The standard InChI is InChI=1S/C17H26FN3O3S.HI/c1-19-16(20-8-9-24-10-11-25(2,22)23)21-13-17(6-7-17)14-4-3-5-15(18)12-14;/h3-5,12H,6-11,13H2,1-2H3,(H2,19,20,21);1H. The molecule has 1 aromatic carbocycles. The van der Waals surface area contributed by atoms with E-state index in [1.807, 2.05) is 6.07 Å². The SMILES string of the molecule is CN=C(NCCOCCS(C)(=O)=O)NCC1(c2cccc(F)c2)CC1.I. The lowest BCUT2D eigenvalue weighted by molar-refractivity contribution is 0.154. The van der Waals surface area contributed by atoms with E-state index in [0.717, 1.165) is 18.4 Å². The molecule has 6 nitrogen and oxygen atoms in total. The predicted octanol–water partition coefficient (Wildman–Crippen LogP) is 1.70. The van der Waals surface area contributed by atoms with Crippen LogP contribution in [0.4, 0.5) is 4.39 Å². The average molecular weight is 499 g/mol. The van der Waals surface area contributed by atoms with E-state index >= 15 is 0 Å². The van der Waals surface area contributed by atoms with E-state index in [1.165, 1.54) is 12.3 Å². The predicted molar refractivity (Wildman–Crippen MR) is 113 cm³/mol. The van der Waals surface area contributed by atoms with E-state index in [0.29, 0.717) is 25.7 Å². The van der Waals surface area contributed by atoms with Gasteiger partial charge in [0.25, 0.3) is 0 Å². The highest BCUT2D eigenvalue weighted by molar-refractivity contribution is 14.0. The molecule has 1 aliphatic rings. The lowest BCUT2D eigenvalue weighted by atomic mass is 9.96. The van der Waals surface area contributed by atoms with Gasteiger partial charge in [-0.25, -0.2) is 12.8 Å². The molecule has 0 heterocycles. The normalized spacial score (nSPS) is 15.9. The van der Waals surface area contributed by atoms with Gasteiger partial charge in [0.05, 0.1) is 19.0 Å². The Hall–Kier alpha value is -0.940. The molecule has 0 amide bonds. The second-order valence-corrected chi connectivity index (χ2v) is 8.65. The van der Waals surface area contributed by atoms with Crippen molar-refractivity contribution in [2.45, 2.75) is 18.3 Å². The third-order valence-electron chi connectivity index (χ3n) is 4.25. The lowest BCUT2D eigenvalue weighted by Crippen LogP contribution is -2.42. The van der Waals surface area contributed by atoms with Crippen molar-refractivity contribution in [3.8, 4) is 0 Å². The number of hydrogen-bond acceptors (Lipinski definition) is 4. The molecule has 148 valence electrons. The fraction of sp³-hybridized carbons (Fsp3) is 0.588. The summed E-state index contributed by atoms with van der Waals surface area (Å²) >= 11 is 0. The molecule has 0 aromatic heterocycles. The highest BCUT2D eigenvalue weighted by Gasteiger charge is 2.44. The van der Waals surface area contributed by atoms with Crippen LogP contribution in [-0.2, 0) is 20.0 Å². The van der Waals surface area contributed by atoms with Gasteiger partial charge in [-0.2, -0.15) is 0 Å². The Morgan fingerprint density at radius 2 is 2.04 bits per heavy atom. The molecule has 0 aliphatic heterocycles. The molecule has 0 saturated heterocycles. The van der Waals surface area contributed by atoms with Gasteiger partial charge in [0.2, 0.25) is 0 Å². The number of halogens is 2. The summed E-state index contributed by atoms with van der Waals surface area (Å²) in [7, 11) is -1.31. The maximum Gasteiger partial charge on any atom is 0.191 e. The molecular formula is C17H27FIN3O3S. The fourth-order valence-corrected chi connectivity index (χ4v) is 2.98. The van der Waals surface area contributed by atoms with Crippen LogP contribution in [0.3, 0.4) is 0 Å². The molecule has 0 bridgehead atoms. The summed E-state index contributed by atoms with van der Waals surface area (Å²) in [6.07, 6.45) is 3.23. The Morgan fingerprint density at radius 3 is 2.62 bits per heavy atom. The van der Waals surface area contributed by atoms with Gasteiger partial charge in [-0.1, -0.05) is 12.1 Å². The number of guanidine groups is 1. The van der Waals surface area contributed by atoms with Crippen molar-refractivity contribution in [2.24, 2.45) is 4.99 Å². The number of rotatable bonds is 9. The van der Waals surface area contributed by atoms with Gasteiger partial charge >= 0.3 is 0 Å². The Morgan fingerprint density at radius 1 is 1.31 bits per heavy atom. The van der Waals surface area contributed by atoms with Crippen molar-refractivity contribution >= 4 is 39.8 Å². The monoisotopic (exact) mass is 499 g/mol. The van der Waals surface area contributed by atoms with E-state index in [9.17, 15) is 12.8 Å². The molecular weight excluding hydrogens is 472 g/mol. The summed E-state index contributed by atoms with van der Waals surface area (Å²) in [5.41, 5.74) is 0.991. The van der Waals surface area contributed by atoms with Crippen LogP contribution in [-0.4, -0.2) is 59.7 Å². The Kier molecular flexibility index (Phi) is 9.25. The molecule has 0 radical (unpaired) electrons. The minimum absolute atomic E-state index is 0. The molecule has 1 aliphatic carbocycles. The molecule has 2 N–H and O–H groups in total. The van der Waals surface area contributed by atoms with E-state index < -0.39 is 9.84 Å². The van der Waals surface area contributed by atoms with Crippen LogP contribution < -0.4 is 10.6 Å². The van der Waals surface area contributed by atoms with E-state index in [-0.39, 0.29) is 47.6 Å². The Labute approximate surface area is 171 Å². The largest absolute Gasteiger partial charge is 0.379 e. The molecule has 0 spiro atoms. The first-order valence-corrected chi connectivity index (χ1v) is 10.4. The summed E-state index contributed by atoms with van der Waals surface area (Å²) in [5.74, 6) is 0.461. The molecule has 0 unspecified atom stereocenters. The van der Waals surface area contributed by atoms with Gasteiger partial charge in [0.15, 0.2) is 5.96 Å². The van der Waals surface area contributed by atoms with Gasteiger partial charge in [-0.3, -0.25) is 4.99 Å². The zero-order valence-corrected chi connectivity index (χ0v) is 18.3. The second-order valence-electron chi connectivity index (χ2n) is 6.39. The van der Waals surface area contributed by atoms with Gasteiger partial charge in [-0.05, 0) is 30.5 Å². The van der Waals surface area contributed by atoms with Crippen LogP contribution >= 0.6 is 24.0 Å². The van der Waals surface area contributed by atoms with Crippen molar-refractivity contribution in [1.82, 2.24) is 10.6 Å². The first-order chi connectivity index (χ1) is 11.8. The zero-order chi connectivity index (χ0) is 18.3. The summed E-state index contributed by atoms with van der Waals surface area (Å²) in [6, 6.07) is 6.76. The third kappa shape index (κ3) is 7.75. The average Bonchev–Trinajstić information content (AvgIpc) is 3.34. The minimum atomic E-state index is -2.99. The lowest BCUT2D eigenvalue weighted by Gasteiger charge is -2.19. The first-order valence-electron chi connectivity index (χ1n) is 8.31. The molecule has 1 fully saturated rings. The van der Waals surface area contributed by atoms with E-state index in [1.54, 1.807) is 19.2 Å². The smallest absolute Gasteiger partial charge is 0.191 e. The molecule has 2 rings (SSSR count). The third-order valence-corrected chi connectivity index (χ3v) is 5.15. The van der Waals surface area contributed by atoms with Crippen molar-refractivity contribution in [2.75, 3.05) is 45.4 Å². The summed E-state index contributed by atoms with van der Waals surface area (Å²) in [4.78, 5) is 4.16. The summed E-state index contributed by atoms with van der Waals surface area (Å²) < 4.78 is 40.7. The highest BCUT2D eigenvalue weighted by atomic mass is 127. The van der Waals surface area contributed by atoms with Crippen LogP contribution in [0.25, 0.3) is 0 Å². The Balaban J connectivity index is 0.00000338. The van der Waals surface area contributed by atoms with Crippen molar-refractivity contribution in [3.63, 3.8) is 0 Å². The van der Waals surface area contributed by atoms with Crippen molar-refractivity contribution in [3.05, 3.63) is 35.6 Å². The number of hydrogen-bond donors (Lipinski definition) is 2. The number of sulfone groups is 1. The van der Waals surface area contributed by atoms with Crippen LogP contribution in [0.2, 0.25) is 0 Å². The molecule has 9 heteroatoms. The maximum atomic E-state index is 13.4. The van der Waals surface area contributed by atoms with Gasteiger partial charge in [-0.15, -0.1) is 24.0 Å². The number of nitrogens with zero attached hydrogens (tertiary/aromatic N) is 1. The number of ether oxygens (including phenoxy) is 1. The Bertz CT molecular complexity index is 709.